The molecule has 182 valence electrons. The number of hydrogen-bond donors (Lipinski definition) is 1. The Balaban J connectivity index is 0.00000241. The molecule has 0 atom stereocenters. The first-order valence-corrected chi connectivity index (χ1v) is 13.5. The third kappa shape index (κ3) is 7.43. The van der Waals surface area contributed by atoms with Crippen LogP contribution in [0, 0.1) is 0 Å². The molecule has 0 heterocycles. The first-order chi connectivity index (χ1) is 16.2. The van der Waals surface area contributed by atoms with E-state index in [2.05, 4.69) is 10.2 Å². The molecule has 4 aromatic carbocycles. The van der Waals surface area contributed by atoms with E-state index in [1.807, 2.05) is 0 Å². The standard InChI is InChI=1S/C20H14N2O10S3.3Na/c23-20-15-9-11(33(24,25)26)5-6-13(15)17(10-19(20)35(30,31)32)22-21-16-7-8-18(34(27,28)29)14-4-2-1-3-12(14)16;;;/h1-10,23H,(H,24,25,26)(H,27,28,29)(H,30,31,32);;;/q;3*+1/p-3. The van der Waals surface area contributed by atoms with Gasteiger partial charge in [-0.2, -0.15) is 0 Å². The van der Waals surface area contributed by atoms with Crippen LogP contribution in [0.15, 0.2) is 85.6 Å². The zero-order valence-corrected chi connectivity index (χ0v) is 28.5. The van der Waals surface area contributed by atoms with Crippen LogP contribution in [0.25, 0.3) is 21.5 Å². The molecule has 0 aliphatic rings. The Bertz CT molecular complexity index is 1900. The molecule has 0 aliphatic heterocycles. The van der Waals surface area contributed by atoms with Crippen LogP contribution >= 0.6 is 0 Å². The molecule has 0 fully saturated rings. The zero-order chi connectivity index (χ0) is 25.8. The second-order valence-electron chi connectivity index (χ2n) is 7.14. The van der Waals surface area contributed by atoms with Gasteiger partial charge < -0.3 is 18.8 Å². The molecule has 0 saturated carbocycles. The molecule has 0 radical (unpaired) electrons. The Labute approximate surface area is 283 Å². The van der Waals surface area contributed by atoms with Crippen molar-refractivity contribution >= 4 is 63.3 Å². The van der Waals surface area contributed by atoms with Crippen molar-refractivity contribution in [1.82, 2.24) is 0 Å². The summed E-state index contributed by atoms with van der Waals surface area (Å²) in [6, 6.07) is 11.5. The molecule has 0 amide bonds. The van der Waals surface area contributed by atoms with E-state index < -0.39 is 56.2 Å². The number of hydrogen-bond acceptors (Lipinski definition) is 12. The second kappa shape index (κ2) is 13.0. The van der Waals surface area contributed by atoms with Crippen LogP contribution in [0.3, 0.4) is 0 Å². The maximum atomic E-state index is 11.7. The van der Waals surface area contributed by atoms with Crippen molar-refractivity contribution in [2.45, 2.75) is 14.7 Å². The molecule has 18 heteroatoms. The van der Waals surface area contributed by atoms with Crippen molar-refractivity contribution in [3.63, 3.8) is 0 Å². The third-order valence-corrected chi connectivity index (χ3v) is 7.55. The summed E-state index contributed by atoms with van der Waals surface area (Å²) in [5.41, 5.74) is -0.216. The van der Waals surface area contributed by atoms with E-state index in [-0.39, 0.29) is 116 Å². The van der Waals surface area contributed by atoms with Crippen LogP contribution in [-0.4, -0.2) is 44.0 Å². The number of phenolic OH excluding ortho intramolecular Hbond substituents is 1. The van der Waals surface area contributed by atoms with Crippen molar-refractivity contribution in [1.29, 1.82) is 0 Å². The average Bonchev–Trinajstić information content (AvgIpc) is 2.76. The van der Waals surface area contributed by atoms with Gasteiger partial charge in [0.25, 0.3) is 0 Å². The molecule has 4 aromatic rings. The molecule has 0 spiro atoms. The van der Waals surface area contributed by atoms with Crippen LogP contribution in [-0.2, 0) is 30.4 Å². The summed E-state index contributed by atoms with van der Waals surface area (Å²) in [5.74, 6) is -1.07. The van der Waals surface area contributed by atoms with Crippen molar-refractivity contribution < 1.29 is 133 Å². The molecule has 0 aliphatic carbocycles. The Morgan fingerprint density at radius 2 is 1.08 bits per heavy atom. The normalized spacial score (nSPS) is 12.1. The first kappa shape index (κ1) is 35.6. The summed E-state index contributed by atoms with van der Waals surface area (Å²) in [7, 11) is -15.1. The number of phenols is 1. The summed E-state index contributed by atoms with van der Waals surface area (Å²) in [6.07, 6.45) is 0. The van der Waals surface area contributed by atoms with Crippen molar-refractivity contribution in [3.05, 3.63) is 60.7 Å². The molecule has 12 nitrogen and oxygen atoms in total. The van der Waals surface area contributed by atoms with Gasteiger partial charge in [0.15, 0.2) is 0 Å². The molecule has 0 aromatic heterocycles. The first-order valence-electron chi connectivity index (χ1n) is 9.29. The van der Waals surface area contributed by atoms with Crippen LogP contribution < -0.4 is 88.7 Å². The van der Waals surface area contributed by atoms with Gasteiger partial charge in [-0.25, -0.2) is 25.3 Å². The van der Waals surface area contributed by atoms with Gasteiger partial charge in [0, 0.05) is 21.5 Å². The molecule has 0 saturated heterocycles. The van der Waals surface area contributed by atoms with Crippen LogP contribution in [0.4, 0.5) is 11.4 Å². The van der Waals surface area contributed by atoms with Gasteiger partial charge in [-0.05, 0) is 30.3 Å². The minimum atomic E-state index is -5.27. The zero-order valence-electron chi connectivity index (χ0n) is 20.0. The number of benzene rings is 4. The van der Waals surface area contributed by atoms with E-state index in [1.165, 1.54) is 24.3 Å². The van der Waals surface area contributed by atoms with Crippen LogP contribution in [0.2, 0.25) is 0 Å². The fourth-order valence-electron chi connectivity index (χ4n) is 3.44. The summed E-state index contributed by atoms with van der Waals surface area (Å²) >= 11 is 0. The summed E-state index contributed by atoms with van der Waals surface area (Å²) in [4.78, 5) is -2.41. The second-order valence-corrected chi connectivity index (χ2v) is 11.2. The van der Waals surface area contributed by atoms with Crippen molar-refractivity contribution in [3.8, 4) is 5.75 Å². The molecular weight excluding hydrogens is 593 g/mol. The Kier molecular flexibility index (Phi) is 12.2. The van der Waals surface area contributed by atoms with Crippen molar-refractivity contribution in [2.75, 3.05) is 0 Å². The third-order valence-electron chi connectivity index (χ3n) is 4.98. The largest absolute Gasteiger partial charge is 1.00 e. The smallest absolute Gasteiger partial charge is 0.744 e. The van der Waals surface area contributed by atoms with Crippen LogP contribution in [0.1, 0.15) is 0 Å². The summed E-state index contributed by atoms with van der Waals surface area (Å²) < 4.78 is 104. The number of azo groups is 1. The van der Waals surface area contributed by atoms with E-state index in [9.17, 15) is 44.0 Å². The number of aromatic hydroxyl groups is 1. The fourth-order valence-corrected chi connectivity index (χ4v) is 5.22. The molecule has 4 rings (SSSR count). The molecular formula is C20H11N2Na3O10S3. The maximum Gasteiger partial charge on any atom is 1.00 e. The Hall–Kier alpha value is -0.470. The molecule has 0 bridgehead atoms. The van der Waals surface area contributed by atoms with E-state index in [4.69, 9.17) is 0 Å². The predicted octanol–water partition coefficient (Wildman–Crippen LogP) is -6.16. The van der Waals surface area contributed by atoms with Crippen molar-refractivity contribution in [2.24, 2.45) is 10.2 Å². The SMILES string of the molecule is O=S(=O)([O-])c1ccc2c(N=Nc3ccc(S(=O)(=O)[O-])c4ccccc34)cc(S(=O)(=O)[O-])c(O)c2c1.[Na+].[Na+].[Na+]. The molecule has 0 unspecified atom stereocenters. The predicted molar refractivity (Wildman–Crippen MR) is 118 cm³/mol. The van der Waals surface area contributed by atoms with Gasteiger partial charge in [0.1, 0.15) is 36.1 Å². The monoisotopic (exact) mass is 604 g/mol. The van der Waals surface area contributed by atoms with Gasteiger partial charge >= 0.3 is 88.7 Å². The average molecular weight is 604 g/mol. The van der Waals surface area contributed by atoms with E-state index in [0.717, 1.165) is 18.2 Å². The minimum Gasteiger partial charge on any atom is -0.744 e. The van der Waals surface area contributed by atoms with E-state index in [0.29, 0.717) is 12.1 Å². The summed E-state index contributed by atoms with van der Waals surface area (Å²) in [6.45, 7) is 0. The maximum absolute atomic E-state index is 11.7. The minimum absolute atomic E-state index is 0. The van der Waals surface area contributed by atoms with Gasteiger partial charge in [0.05, 0.1) is 26.1 Å². The quantitative estimate of drug-likeness (QED) is 0.129. The molecule has 38 heavy (non-hydrogen) atoms. The Morgan fingerprint density at radius 1 is 0.553 bits per heavy atom. The van der Waals surface area contributed by atoms with E-state index >= 15 is 0 Å². The number of nitrogens with zero attached hydrogens (tertiary/aromatic N) is 2. The molecule has 1 N–H and O–H groups in total. The van der Waals surface area contributed by atoms with Gasteiger partial charge in [0.2, 0.25) is 0 Å². The van der Waals surface area contributed by atoms with Gasteiger partial charge in [-0.15, -0.1) is 10.2 Å². The van der Waals surface area contributed by atoms with Gasteiger partial charge in [-0.1, -0.05) is 30.3 Å². The Morgan fingerprint density at radius 3 is 1.63 bits per heavy atom. The summed E-state index contributed by atoms with van der Waals surface area (Å²) in [5, 5.41) is 18.0. The number of rotatable bonds is 5. The number of fused-ring (bicyclic) bond motifs is 2. The van der Waals surface area contributed by atoms with Gasteiger partial charge in [-0.3, -0.25) is 0 Å². The van der Waals surface area contributed by atoms with E-state index in [1.54, 1.807) is 6.07 Å². The van der Waals surface area contributed by atoms with Crippen LogP contribution in [0.5, 0.6) is 5.75 Å². The topological polar surface area (TPSA) is 217 Å². The fraction of sp³-hybridized carbons (Fsp3) is 0.